The fraction of sp³-hybridized carbons (Fsp3) is 0.385. The number of hydrogen-bond acceptors (Lipinski definition) is 3. The monoisotopic (exact) mass is 326 g/mol. The Labute approximate surface area is 119 Å². The zero-order valence-corrected chi connectivity index (χ0v) is 12.0. The molecule has 19 heavy (non-hydrogen) atoms. The summed E-state index contributed by atoms with van der Waals surface area (Å²) in [6.07, 6.45) is 1.66. The first-order valence-corrected chi connectivity index (χ1v) is 6.75. The third kappa shape index (κ3) is 2.73. The van der Waals surface area contributed by atoms with Crippen LogP contribution in [0.3, 0.4) is 0 Å². The molecule has 0 bridgehead atoms. The van der Waals surface area contributed by atoms with Crippen molar-refractivity contribution in [1.82, 2.24) is 5.32 Å². The van der Waals surface area contributed by atoms with Crippen molar-refractivity contribution in [2.45, 2.75) is 25.3 Å². The Kier molecular flexibility index (Phi) is 3.54. The molecule has 1 aliphatic carbocycles. The van der Waals surface area contributed by atoms with E-state index in [1.54, 1.807) is 25.1 Å². The van der Waals surface area contributed by atoms with Gasteiger partial charge in [-0.1, -0.05) is 0 Å². The van der Waals surface area contributed by atoms with Gasteiger partial charge in [-0.3, -0.25) is 4.79 Å². The van der Waals surface area contributed by atoms with E-state index >= 15 is 0 Å². The van der Waals surface area contributed by atoms with Crippen LogP contribution in [0.2, 0.25) is 0 Å². The summed E-state index contributed by atoms with van der Waals surface area (Å²) in [7, 11) is 0. The molecule has 0 heterocycles. The molecule has 2 rings (SSSR count). The number of carboxylic acid groups (broad SMARTS) is 1. The van der Waals surface area contributed by atoms with Crippen molar-refractivity contribution in [1.29, 1.82) is 0 Å². The summed E-state index contributed by atoms with van der Waals surface area (Å²) in [5.41, 5.74) is 5.36. The van der Waals surface area contributed by atoms with Crippen LogP contribution in [0, 0.1) is 5.92 Å². The molecular formula is C13H15BrN2O3. The molecule has 102 valence electrons. The predicted molar refractivity (Wildman–Crippen MR) is 74.8 cm³/mol. The summed E-state index contributed by atoms with van der Waals surface area (Å²) < 4.78 is 0.614. The maximum Gasteiger partial charge on any atom is 0.329 e. The number of nitrogen functional groups attached to an aromatic ring is 1. The number of rotatable bonds is 4. The van der Waals surface area contributed by atoms with Crippen molar-refractivity contribution in [3.63, 3.8) is 0 Å². The van der Waals surface area contributed by atoms with E-state index in [0.29, 0.717) is 15.7 Å². The third-order valence-electron chi connectivity index (χ3n) is 3.47. The molecule has 6 heteroatoms. The van der Waals surface area contributed by atoms with Crippen molar-refractivity contribution >= 4 is 33.5 Å². The second-order valence-electron chi connectivity index (χ2n) is 4.97. The lowest BCUT2D eigenvalue weighted by atomic mass is 9.95. The number of carbonyl (C=O) groups excluding carboxylic acids is 1. The molecular weight excluding hydrogens is 312 g/mol. The molecule has 0 saturated heterocycles. The van der Waals surface area contributed by atoms with Gasteiger partial charge in [0.15, 0.2) is 0 Å². The van der Waals surface area contributed by atoms with Crippen LogP contribution in [-0.2, 0) is 4.79 Å². The standard InChI is InChI=1S/C13H15BrN2O3/c1-13(12(18)19,8-3-4-8)16-11(17)7-2-5-10(15)9(14)6-7/h2,5-6,8H,3-4,15H2,1H3,(H,16,17)(H,18,19). The molecule has 4 N–H and O–H groups in total. The Hall–Kier alpha value is -1.56. The van der Waals surface area contributed by atoms with E-state index in [1.807, 2.05) is 0 Å². The van der Waals surface area contributed by atoms with Gasteiger partial charge in [0.05, 0.1) is 0 Å². The first-order valence-electron chi connectivity index (χ1n) is 5.95. The lowest BCUT2D eigenvalue weighted by molar-refractivity contribution is -0.144. The van der Waals surface area contributed by atoms with E-state index < -0.39 is 17.4 Å². The molecule has 0 aliphatic heterocycles. The van der Waals surface area contributed by atoms with Gasteiger partial charge in [-0.05, 0) is 59.8 Å². The number of halogens is 1. The van der Waals surface area contributed by atoms with Crippen LogP contribution < -0.4 is 11.1 Å². The fourth-order valence-corrected chi connectivity index (χ4v) is 2.35. The van der Waals surface area contributed by atoms with Gasteiger partial charge in [0.25, 0.3) is 5.91 Å². The van der Waals surface area contributed by atoms with Crippen LogP contribution in [0.15, 0.2) is 22.7 Å². The summed E-state index contributed by atoms with van der Waals surface area (Å²) in [5.74, 6) is -1.40. The molecule has 1 atom stereocenters. The second kappa shape index (κ2) is 4.85. The highest BCUT2D eigenvalue weighted by Crippen LogP contribution is 2.40. The Morgan fingerprint density at radius 2 is 2.11 bits per heavy atom. The largest absolute Gasteiger partial charge is 0.480 e. The lowest BCUT2D eigenvalue weighted by Gasteiger charge is -2.26. The Morgan fingerprint density at radius 1 is 1.47 bits per heavy atom. The maximum absolute atomic E-state index is 12.1. The van der Waals surface area contributed by atoms with Crippen LogP contribution in [0.25, 0.3) is 0 Å². The summed E-state index contributed by atoms with van der Waals surface area (Å²) in [6, 6.07) is 4.76. The molecule has 1 aromatic carbocycles. The van der Waals surface area contributed by atoms with Gasteiger partial charge >= 0.3 is 5.97 Å². The number of nitrogens with one attached hydrogen (secondary N) is 1. The Morgan fingerprint density at radius 3 is 2.58 bits per heavy atom. The van der Waals surface area contributed by atoms with E-state index in [4.69, 9.17) is 5.73 Å². The van der Waals surface area contributed by atoms with Crippen LogP contribution in [0.1, 0.15) is 30.1 Å². The number of hydrogen-bond donors (Lipinski definition) is 3. The number of anilines is 1. The second-order valence-corrected chi connectivity index (χ2v) is 5.83. The van der Waals surface area contributed by atoms with Gasteiger partial charge in [-0.25, -0.2) is 4.79 Å². The van der Waals surface area contributed by atoms with Crippen LogP contribution in [0.5, 0.6) is 0 Å². The first kappa shape index (κ1) is 13.9. The molecule has 5 nitrogen and oxygen atoms in total. The highest BCUT2D eigenvalue weighted by Gasteiger charge is 2.48. The van der Waals surface area contributed by atoms with E-state index in [0.717, 1.165) is 12.8 Å². The van der Waals surface area contributed by atoms with Gasteiger partial charge in [0.1, 0.15) is 5.54 Å². The topological polar surface area (TPSA) is 92.4 Å². The normalized spacial score (nSPS) is 17.6. The highest BCUT2D eigenvalue weighted by molar-refractivity contribution is 9.10. The maximum atomic E-state index is 12.1. The summed E-state index contributed by atoms with van der Waals surface area (Å²) >= 11 is 3.24. The van der Waals surface area contributed by atoms with Gasteiger partial charge in [0, 0.05) is 15.7 Å². The third-order valence-corrected chi connectivity index (χ3v) is 4.16. The molecule has 0 spiro atoms. The molecule has 1 saturated carbocycles. The fourth-order valence-electron chi connectivity index (χ4n) is 1.97. The predicted octanol–water partition coefficient (Wildman–Crippen LogP) is 2.01. The molecule has 1 amide bonds. The molecule has 0 radical (unpaired) electrons. The smallest absolute Gasteiger partial charge is 0.329 e. The van der Waals surface area contributed by atoms with E-state index in [9.17, 15) is 14.7 Å². The number of nitrogens with two attached hydrogens (primary N) is 1. The van der Waals surface area contributed by atoms with E-state index in [2.05, 4.69) is 21.2 Å². The quantitative estimate of drug-likeness (QED) is 0.738. The minimum atomic E-state index is -1.20. The van der Waals surface area contributed by atoms with Crippen molar-refractivity contribution in [2.75, 3.05) is 5.73 Å². The summed E-state index contributed by atoms with van der Waals surface area (Å²) in [5, 5.41) is 11.9. The van der Waals surface area contributed by atoms with Crippen molar-refractivity contribution in [2.24, 2.45) is 5.92 Å². The van der Waals surface area contributed by atoms with Crippen molar-refractivity contribution < 1.29 is 14.7 Å². The molecule has 1 fully saturated rings. The molecule has 1 aromatic rings. The van der Waals surface area contributed by atoms with Gasteiger partial charge in [-0.2, -0.15) is 0 Å². The van der Waals surface area contributed by atoms with Gasteiger partial charge < -0.3 is 16.2 Å². The minimum absolute atomic E-state index is 0.00572. The Balaban J connectivity index is 2.20. The average Bonchev–Trinajstić information content (AvgIpc) is 3.16. The molecule has 0 aromatic heterocycles. The van der Waals surface area contributed by atoms with Gasteiger partial charge in [-0.15, -0.1) is 0 Å². The highest BCUT2D eigenvalue weighted by atomic mass is 79.9. The lowest BCUT2D eigenvalue weighted by Crippen LogP contribution is -2.54. The van der Waals surface area contributed by atoms with E-state index in [-0.39, 0.29) is 5.92 Å². The van der Waals surface area contributed by atoms with Gasteiger partial charge in [0.2, 0.25) is 0 Å². The minimum Gasteiger partial charge on any atom is -0.480 e. The number of carboxylic acids is 1. The van der Waals surface area contributed by atoms with Crippen molar-refractivity contribution in [3.8, 4) is 0 Å². The van der Waals surface area contributed by atoms with Crippen LogP contribution in [0.4, 0.5) is 5.69 Å². The number of benzene rings is 1. The summed E-state index contributed by atoms with van der Waals surface area (Å²) in [4.78, 5) is 23.5. The Bertz CT molecular complexity index is 543. The number of carbonyl (C=O) groups is 2. The zero-order valence-electron chi connectivity index (χ0n) is 10.4. The first-order chi connectivity index (χ1) is 8.84. The van der Waals surface area contributed by atoms with Crippen molar-refractivity contribution in [3.05, 3.63) is 28.2 Å². The number of amides is 1. The SMILES string of the molecule is CC(NC(=O)c1ccc(N)c(Br)c1)(C(=O)O)C1CC1. The van der Waals surface area contributed by atoms with Crippen LogP contribution in [-0.4, -0.2) is 22.5 Å². The van der Waals surface area contributed by atoms with E-state index in [1.165, 1.54) is 0 Å². The molecule has 1 aliphatic rings. The number of aliphatic carboxylic acids is 1. The molecule has 1 unspecified atom stereocenters. The van der Waals surface area contributed by atoms with Crippen LogP contribution >= 0.6 is 15.9 Å². The zero-order chi connectivity index (χ0) is 14.2. The average molecular weight is 327 g/mol. The summed E-state index contributed by atoms with van der Waals surface area (Å²) in [6.45, 7) is 1.55.